The zero-order valence-electron chi connectivity index (χ0n) is 47.9. The van der Waals surface area contributed by atoms with E-state index in [9.17, 15) is 14.4 Å². The molecule has 0 aliphatic heterocycles. The Morgan fingerprint density at radius 2 is 0.528 bits per heavy atom. The molecule has 0 aliphatic rings. The molecule has 0 aromatic rings. The van der Waals surface area contributed by atoms with Crippen LogP contribution in [0.15, 0.2) is 60.8 Å². The predicted molar refractivity (Wildman–Crippen MR) is 312 cm³/mol. The average molecular weight is 1010 g/mol. The second-order valence-corrected chi connectivity index (χ2v) is 21.0. The van der Waals surface area contributed by atoms with Gasteiger partial charge >= 0.3 is 17.9 Å². The molecule has 418 valence electrons. The van der Waals surface area contributed by atoms with Crippen LogP contribution < -0.4 is 0 Å². The van der Waals surface area contributed by atoms with Crippen molar-refractivity contribution in [1.82, 2.24) is 0 Å². The van der Waals surface area contributed by atoms with E-state index in [0.29, 0.717) is 19.3 Å². The lowest BCUT2D eigenvalue weighted by atomic mass is 10.1. The van der Waals surface area contributed by atoms with Gasteiger partial charge < -0.3 is 14.2 Å². The molecule has 0 N–H and O–H groups in total. The summed E-state index contributed by atoms with van der Waals surface area (Å²) in [5, 5.41) is 0. The molecular weight excluding hydrogens is 889 g/mol. The lowest BCUT2D eigenvalue weighted by Crippen LogP contribution is -2.30. The van der Waals surface area contributed by atoms with Gasteiger partial charge in [0.25, 0.3) is 0 Å². The Balaban J connectivity index is 4.27. The molecule has 0 aliphatic carbocycles. The van der Waals surface area contributed by atoms with Crippen molar-refractivity contribution in [3.05, 3.63) is 60.8 Å². The highest BCUT2D eigenvalue weighted by Crippen LogP contribution is 2.16. The standard InChI is InChI=1S/C66H118O6/c1-4-7-10-13-16-19-22-24-26-28-30-32-33-35-36-38-40-42-44-47-50-53-56-59-65(68)71-62-63(61-70-64(67)58-55-52-49-46-21-18-15-12-9-6-3)72-66(69)60-57-54-51-48-45-43-41-39-37-34-31-29-27-25-23-20-17-14-11-8-5-2/h12,15,22,24,28-31,33,35,63H,4-11,13-14,16-21,23,25-27,32,34,36-62H2,1-3H3/b15-12-,24-22-,30-28-,31-29-,35-33-. The van der Waals surface area contributed by atoms with Crippen LogP contribution in [0.2, 0.25) is 0 Å². The maximum atomic E-state index is 12.9. The number of unbranched alkanes of at least 4 members (excludes halogenated alkanes) is 36. The number of carbonyl (C=O) groups excluding carboxylic acids is 3. The SMILES string of the molecule is CCC/C=C\CCCCCCCC(=O)OCC(COC(=O)CCCCCCCCCC/C=C\C/C=C\C/C=C\CCCCCCC)OC(=O)CCCCCCCCCCC/C=C\CCCCCCCCCC. The molecule has 0 saturated carbocycles. The summed E-state index contributed by atoms with van der Waals surface area (Å²) in [5.74, 6) is -0.887. The smallest absolute Gasteiger partial charge is 0.306 e. The van der Waals surface area contributed by atoms with Gasteiger partial charge in [-0.1, -0.05) is 261 Å². The Kier molecular flexibility index (Phi) is 58.2. The van der Waals surface area contributed by atoms with Crippen LogP contribution in [0, 0.1) is 0 Å². The Hall–Kier alpha value is -2.89. The number of ether oxygens (including phenoxy) is 3. The van der Waals surface area contributed by atoms with Crippen LogP contribution in [0.3, 0.4) is 0 Å². The minimum atomic E-state index is -0.782. The van der Waals surface area contributed by atoms with Gasteiger partial charge in [0.15, 0.2) is 6.10 Å². The molecule has 6 heteroatoms. The maximum absolute atomic E-state index is 12.9. The molecule has 1 unspecified atom stereocenters. The fourth-order valence-electron chi connectivity index (χ4n) is 8.98. The van der Waals surface area contributed by atoms with Gasteiger partial charge in [-0.25, -0.2) is 0 Å². The van der Waals surface area contributed by atoms with Gasteiger partial charge in [0, 0.05) is 19.3 Å². The molecule has 0 aromatic heterocycles. The van der Waals surface area contributed by atoms with Gasteiger partial charge in [0.2, 0.25) is 0 Å². The number of carbonyl (C=O) groups is 3. The van der Waals surface area contributed by atoms with Crippen LogP contribution in [-0.2, 0) is 28.6 Å². The van der Waals surface area contributed by atoms with Gasteiger partial charge in [-0.15, -0.1) is 0 Å². The van der Waals surface area contributed by atoms with E-state index >= 15 is 0 Å². The van der Waals surface area contributed by atoms with Crippen LogP contribution in [0.25, 0.3) is 0 Å². The zero-order valence-corrected chi connectivity index (χ0v) is 47.9. The molecule has 0 aromatic carbocycles. The number of esters is 3. The fraction of sp³-hybridized carbons (Fsp3) is 0.803. The maximum Gasteiger partial charge on any atom is 0.306 e. The molecule has 0 saturated heterocycles. The summed E-state index contributed by atoms with van der Waals surface area (Å²) in [7, 11) is 0. The first-order chi connectivity index (χ1) is 35.5. The molecule has 0 heterocycles. The van der Waals surface area contributed by atoms with Gasteiger partial charge in [-0.05, 0) is 103 Å². The highest BCUT2D eigenvalue weighted by atomic mass is 16.6. The quantitative estimate of drug-likeness (QED) is 0.0261. The highest BCUT2D eigenvalue weighted by molar-refractivity contribution is 5.71. The second kappa shape index (κ2) is 60.7. The monoisotopic (exact) mass is 1010 g/mol. The summed E-state index contributed by atoms with van der Waals surface area (Å²) >= 11 is 0. The van der Waals surface area contributed by atoms with E-state index in [0.717, 1.165) is 89.9 Å². The van der Waals surface area contributed by atoms with Crippen molar-refractivity contribution in [2.75, 3.05) is 13.2 Å². The van der Waals surface area contributed by atoms with Crippen molar-refractivity contribution in [2.24, 2.45) is 0 Å². The molecule has 6 nitrogen and oxygen atoms in total. The largest absolute Gasteiger partial charge is 0.462 e. The van der Waals surface area contributed by atoms with Crippen molar-refractivity contribution in [3.63, 3.8) is 0 Å². The van der Waals surface area contributed by atoms with E-state index in [1.807, 2.05) is 0 Å². The van der Waals surface area contributed by atoms with Gasteiger partial charge in [0.1, 0.15) is 13.2 Å². The third-order valence-corrected chi connectivity index (χ3v) is 13.7. The first-order valence-corrected chi connectivity index (χ1v) is 31.3. The molecule has 0 bridgehead atoms. The topological polar surface area (TPSA) is 78.9 Å². The highest BCUT2D eigenvalue weighted by Gasteiger charge is 2.19. The minimum Gasteiger partial charge on any atom is -0.462 e. The van der Waals surface area contributed by atoms with E-state index in [1.165, 1.54) is 193 Å². The molecule has 0 rings (SSSR count). The van der Waals surface area contributed by atoms with E-state index in [-0.39, 0.29) is 31.1 Å². The molecular formula is C66H118O6. The van der Waals surface area contributed by atoms with Gasteiger partial charge in [-0.2, -0.15) is 0 Å². The van der Waals surface area contributed by atoms with E-state index in [2.05, 4.69) is 81.5 Å². The molecule has 0 spiro atoms. The predicted octanol–water partition coefficient (Wildman–Crippen LogP) is 21.2. The van der Waals surface area contributed by atoms with Crippen LogP contribution >= 0.6 is 0 Å². The van der Waals surface area contributed by atoms with Crippen molar-refractivity contribution < 1.29 is 28.6 Å². The van der Waals surface area contributed by atoms with Crippen LogP contribution in [0.4, 0.5) is 0 Å². The average Bonchev–Trinajstić information content (AvgIpc) is 3.38. The number of hydrogen-bond donors (Lipinski definition) is 0. The fourth-order valence-corrected chi connectivity index (χ4v) is 8.98. The minimum absolute atomic E-state index is 0.0804. The summed E-state index contributed by atoms with van der Waals surface area (Å²) in [4.78, 5) is 38.2. The second-order valence-electron chi connectivity index (χ2n) is 21.0. The lowest BCUT2D eigenvalue weighted by molar-refractivity contribution is -0.167. The van der Waals surface area contributed by atoms with E-state index in [4.69, 9.17) is 14.2 Å². The first kappa shape index (κ1) is 69.1. The molecule has 0 radical (unpaired) electrons. The molecule has 72 heavy (non-hydrogen) atoms. The lowest BCUT2D eigenvalue weighted by Gasteiger charge is -2.18. The summed E-state index contributed by atoms with van der Waals surface area (Å²) < 4.78 is 16.9. The van der Waals surface area contributed by atoms with Crippen LogP contribution in [-0.4, -0.2) is 37.2 Å². The summed E-state index contributed by atoms with van der Waals surface area (Å²) in [6.07, 6.45) is 76.6. The Morgan fingerprint density at radius 1 is 0.278 bits per heavy atom. The summed E-state index contributed by atoms with van der Waals surface area (Å²) in [6.45, 7) is 6.59. The number of hydrogen-bond acceptors (Lipinski definition) is 6. The Morgan fingerprint density at radius 3 is 0.847 bits per heavy atom. The molecule has 1 atom stereocenters. The third-order valence-electron chi connectivity index (χ3n) is 13.7. The number of allylic oxidation sites excluding steroid dienone is 10. The van der Waals surface area contributed by atoms with Crippen LogP contribution in [0.5, 0.6) is 0 Å². The Bertz CT molecular complexity index is 1290. The molecule has 0 fully saturated rings. The van der Waals surface area contributed by atoms with Gasteiger partial charge in [0.05, 0.1) is 0 Å². The summed E-state index contributed by atoms with van der Waals surface area (Å²) in [6, 6.07) is 0. The summed E-state index contributed by atoms with van der Waals surface area (Å²) in [5.41, 5.74) is 0. The van der Waals surface area contributed by atoms with Crippen molar-refractivity contribution in [2.45, 2.75) is 329 Å². The Labute approximate surface area is 447 Å². The first-order valence-electron chi connectivity index (χ1n) is 31.3. The molecule has 0 amide bonds. The van der Waals surface area contributed by atoms with Crippen molar-refractivity contribution in [3.8, 4) is 0 Å². The van der Waals surface area contributed by atoms with Crippen molar-refractivity contribution >= 4 is 17.9 Å². The third kappa shape index (κ3) is 58.0. The van der Waals surface area contributed by atoms with E-state index < -0.39 is 6.10 Å². The van der Waals surface area contributed by atoms with E-state index in [1.54, 1.807) is 0 Å². The normalized spacial score (nSPS) is 12.4. The zero-order chi connectivity index (χ0) is 52.2. The van der Waals surface area contributed by atoms with Crippen molar-refractivity contribution in [1.29, 1.82) is 0 Å². The van der Waals surface area contributed by atoms with Crippen LogP contribution in [0.1, 0.15) is 323 Å². The van der Waals surface area contributed by atoms with Gasteiger partial charge in [-0.3, -0.25) is 14.4 Å². The number of rotatable bonds is 57.